The van der Waals surface area contributed by atoms with Crippen LogP contribution in [0.2, 0.25) is 0 Å². The van der Waals surface area contributed by atoms with Crippen LogP contribution in [0.5, 0.6) is 0 Å². The van der Waals surface area contributed by atoms with Crippen molar-refractivity contribution in [1.82, 2.24) is 0 Å². The first kappa shape index (κ1) is 14.1. The molecule has 0 heterocycles. The minimum atomic E-state index is -3.85. The smallest absolute Gasteiger partial charge is 0.185 e. The van der Waals surface area contributed by atoms with Crippen LogP contribution in [0, 0.1) is 11.6 Å². The van der Waals surface area contributed by atoms with Crippen molar-refractivity contribution in [3.63, 3.8) is 0 Å². The van der Waals surface area contributed by atoms with E-state index >= 15 is 0 Å². The Kier molecular flexibility index (Phi) is 4.01. The molecule has 2 aromatic carbocycles. The van der Waals surface area contributed by atoms with Gasteiger partial charge in [0.1, 0.15) is 16.5 Å². The molecule has 19 heavy (non-hydrogen) atoms. The molecule has 100 valence electrons. The number of rotatable bonds is 3. The lowest BCUT2D eigenvalue weighted by molar-refractivity contribution is 0.566. The summed E-state index contributed by atoms with van der Waals surface area (Å²) in [5, 5.41) is 0. The van der Waals surface area contributed by atoms with Gasteiger partial charge < -0.3 is 0 Å². The van der Waals surface area contributed by atoms with E-state index in [1.54, 1.807) is 0 Å². The van der Waals surface area contributed by atoms with Gasteiger partial charge in [0, 0.05) is 0 Å². The third-order valence-electron chi connectivity index (χ3n) is 2.55. The van der Waals surface area contributed by atoms with Crippen LogP contribution in [0.3, 0.4) is 0 Å². The lowest BCUT2D eigenvalue weighted by Crippen LogP contribution is -2.08. The van der Waals surface area contributed by atoms with Gasteiger partial charge in [-0.25, -0.2) is 17.2 Å². The molecule has 0 saturated heterocycles. The highest BCUT2D eigenvalue weighted by molar-refractivity contribution is 9.10. The Hall–Kier alpha value is -1.27. The minimum Gasteiger partial charge on any atom is -0.223 e. The van der Waals surface area contributed by atoms with E-state index in [2.05, 4.69) is 15.9 Å². The van der Waals surface area contributed by atoms with Crippen LogP contribution < -0.4 is 0 Å². The van der Waals surface area contributed by atoms with Crippen molar-refractivity contribution in [2.24, 2.45) is 0 Å². The SMILES string of the molecule is O=S(=O)(Cc1cccc(F)c1Br)c1ccccc1F. The Balaban J connectivity index is 2.43. The maximum absolute atomic E-state index is 13.5. The van der Waals surface area contributed by atoms with E-state index in [9.17, 15) is 17.2 Å². The Morgan fingerprint density at radius 3 is 2.26 bits per heavy atom. The number of benzene rings is 2. The summed E-state index contributed by atoms with van der Waals surface area (Å²) in [5.74, 6) is -1.83. The molecular formula is C13H9BrF2O2S. The zero-order valence-corrected chi connectivity index (χ0v) is 12.0. The largest absolute Gasteiger partial charge is 0.223 e. The standard InChI is InChI=1S/C13H9BrF2O2S/c14-13-9(4-3-6-11(13)16)8-19(17,18)12-7-2-1-5-10(12)15/h1-7H,8H2. The maximum atomic E-state index is 13.5. The molecule has 0 aliphatic heterocycles. The van der Waals surface area contributed by atoms with Gasteiger partial charge in [0.05, 0.1) is 10.2 Å². The van der Waals surface area contributed by atoms with Gasteiger partial charge in [-0.15, -0.1) is 0 Å². The van der Waals surface area contributed by atoms with Gasteiger partial charge >= 0.3 is 0 Å². The topological polar surface area (TPSA) is 34.1 Å². The fraction of sp³-hybridized carbons (Fsp3) is 0.0769. The average Bonchev–Trinajstić information content (AvgIpc) is 2.35. The van der Waals surface area contributed by atoms with E-state index < -0.39 is 27.2 Å². The Labute approximate surface area is 118 Å². The molecule has 0 aliphatic carbocycles. The summed E-state index contributed by atoms with van der Waals surface area (Å²) in [5.41, 5.74) is 0.253. The highest BCUT2D eigenvalue weighted by Crippen LogP contribution is 2.25. The molecule has 0 aromatic heterocycles. The Bertz CT molecular complexity index is 714. The van der Waals surface area contributed by atoms with Gasteiger partial charge in [-0.1, -0.05) is 24.3 Å². The molecule has 0 atom stereocenters. The van der Waals surface area contributed by atoms with Crippen LogP contribution in [-0.4, -0.2) is 8.42 Å². The highest BCUT2D eigenvalue weighted by atomic mass is 79.9. The molecule has 0 amide bonds. The quantitative estimate of drug-likeness (QED) is 0.849. The molecule has 0 spiro atoms. The van der Waals surface area contributed by atoms with Crippen LogP contribution in [0.25, 0.3) is 0 Å². The van der Waals surface area contributed by atoms with Gasteiger partial charge in [-0.05, 0) is 39.7 Å². The minimum absolute atomic E-state index is 0.0786. The molecule has 2 aromatic rings. The van der Waals surface area contributed by atoms with Gasteiger partial charge in [-0.2, -0.15) is 0 Å². The Morgan fingerprint density at radius 2 is 1.58 bits per heavy atom. The molecule has 6 heteroatoms. The molecule has 2 rings (SSSR count). The highest BCUT2D eigenvalue weighted by Gasteiger charge is 2.21. The maximum Gasteiger partial charge on any atom is 0.185 e. The first-order valence-electron chi connectivity index (χ1n) is 5.32. The van der Waals surface area contributed by atoms with Crippen LogP contribution in [0.15, 0.2) is 51.8 Å². The summed E-state index contributed by atoms with van der Waals surface area (Å²) in [6.45, 7) is 0. The average molecular weight is 347 g/mol. The van der Waals surface area contributed by atoms with Crippen LogP contribution in [-0.2, 0) is 15.6 Å². The third-order valence-corrected chi connectivity index (χ3v) is 5.13. The molecule has 0 N–H and O–H groups in total. The summed E-state index contributed by atoms with van der Waals surface area (Å²) >= 11 is 2.99. The van der Waals surface area contributed by atoms with Crippen molar-refractivity contribution >= 4 is 25.8 Å². The molecule has 0 bridgehead atoms. The molecule has 0 aliphatic rings. The predicted molar refractivity (Wildman–Crippen MR) is 71.4 cm³/mol. The monoisotopic (exact) mass is 346 g/mol. The lowest BCUT2D eigenvalue weighted by atomic mass is 10.2. The van der Waals surface area contributed by atoms with Gasteiger partial charge in [0.15, 0.2) is 9.84 Å². The van der Waals surface area contributed by atoms with E-state index in [0.717, 1.165) is 6.07 Å². The number of halogens is 3. The second-order valence-electron chi connectivity index (χ2n) is 3.90. The number of hydrogen-bond acceptors (Lipinski definition) is 2. The van der Waals surface area contributed by atoms with Gasteiger partial charge in [-0.3, -0.25) is 0 Å². The van der Waals surface area contributed by atoms with Crippen molar-refractivity contribution in [2.75, 3.05) is 0 Å². The van der Waals surface area contributed by atoms with Crippen molar-refractivity contribution in [1.29, 1.82) is 0 Å². The van der Waals surface area contributed by atoms with E-state index in [-0.39, 0.29) is 14.9 Å². The normalized spacial score (nSPS) is 11.5. The number of hydrogen-bond donors (Lipinski definition) is 0. The van der Waals surface area contributed by atoms with Crippen molar-refractivity contribution in [3.05, 3.63) is 64.1 Å². The summed E-state index contributed by atoms with van der Waals surface area (Å²) in [7, 11) is -3.85. The van der Waals surface area contributed by atoms with E-state index in [1.165, 1.54) is 36.4 Å². The van der Waals surface area contributed by atoms with E-state index in [0.29, 0.717) is 0 Å². The predicted octanol–water partition coefficient (Wildman–Crippen LogP) is 3.70. The van der Waals surface area contributed by atoms with Crippen LogP contribution >= 0.6 is 15.9 Å². The van der Waals surface area contributed by atoms with Crippen molar-refractivity contribution in [3.8, 4) is 0 Å². The second-order valence-corrected chi connectivity index (χ2v) is 6.65. The fourth-order valence-corrected chi connectivity index (χ4v) is 3.69. The zero-order valence-electron chi connectivity index (χ0n) is 9.61. The van der Waals surface area contributed by atoms with Crippen LogP contribution in [0.4, 0.5) is 8.78 Å². The molecule has 0 unspecified atom stereocenters. The second kappa shape index (κ2) is 5.38. The molecule has 0 radical (unpaired) electrons. The molecule has 2 nitrogen and oxygen atoms in total. The molecule has 0 saturated carbocycles. The number of sulfone groups is 1. The summed E-state index contributed by atoms with van der Waals surface area (Å²) in [4.78, 5) is -0.383. The first-order valence-corrected chi connectivity index (χ1v) is 7.76. The van der Waals surface area contributed by atoms with E-state index in [4.69, 9.17) is 0 Å². The van der Waals surface area contributed by atoms with Crippen molar-refractivity contribution < 1.29 is 17.2 Å². The Morgan fingerprint density at radius 1 is 0.947 bits per heavy atom. The third kappa shape index (κ3) is 3.01. The van der Waals surface area contributed by atoms with Crippen molar-refractivity contribution in [2.45, 2.75) is 10.6 Å². The van der Waals surface area contributed by atoms with Crippen LogP contribution in [0.1, 0.15) is 5.56 Å². The summed E-state index contributed by atoms with van der Waals surface area (Å²) in [6, 6.07) is 9.22. The first-order chi connectivity index (χ1) is 8.92. The van der Waals surface area contributed by atoms with Gasteiger partial charge in [0.2, 0.25) is 0 Å². The summed E-state index contributed by atoms with van der Waals surface area (Å²) in [6.07, 6.45) is 0. The summed E-state index contributed by atoms with van der Waals surface area (Å²) < 4.78 is 51.1. The van der Waals surface area contributed by atoms with Gasteiger partial charge in [0.25, 0.3) is 0 Å². The fourth-order valence-electron chi connectivity index (χ4n) is 1.64. The zero-order chi connectivity index (χ0) is 14.0. The molecular weight excluding hydrogens is 338 g/mol. The lowest BCUT2D eigenvalue weighted by Gasteiger charge is -2.07. The van der Waals surface area contributed by atoms with E-state index in [1.807, 2.05) is 0 Å². The molecule has 0 fully saturated rings.